The Balaban J connectivity index is 2.63. The molecular formula is C13H19ClN2O2. The van der Waals surface area contributed by atoms with Crippen LogP contribution in [0.3, 0.4) is 0 Å². The third-order valence-electron chi connectivity index (χ3n) is 2.12. The summed E-state index contributed by atoms with van der Waals surface area (Å²) in [5.74, 6) is 0.375. The van der Waals surface area contributed by atoms with Gasteiger partial charge in [-0.25, -0.2) is 0 Å². The molecular weight excluding hydrogens is 252 g/mol. The minimum absolute atomic E-state index is 0.0510. The van der Waals surface area contributed by atoms with Gasteiger partial charge in [-0.05, 0) is 32.9 Å². The lowest BCUT2D eigenvalue weighted by atomic mass is 10.1. The Morgan fingerprint density at radius 3 is 2.67 bits per heavy atom. The van der Waals surface area contributed by atoms with Gasteiger partial charge in [0, 0.05) is 22.7 Å². The quantitative estimate of drug-likeness (QED) is 0.881. The number of carbonyl (C=O) groups excluding carboxylic acids is 1. The second-order valence-electron chi connectivity index (χ2n) is 5.04. The SMILES string of the molecule is CC(C)(C)NC(=O)COc1cc(Cl)ccc1CN. The van der Waals surface area contributed by atoms with Gasteiger partial charge in [-0.1, -0.05) is 17.7 Å². The van der Waals surface area contributed by atoms with Crippen LogP contribution in [-0.4, -0.2) is 18.1 Å². The smallest absolute Gasteiger partial charge is 0.258 e. The summed E-state index contributed by atoms with van der Waals surface area (Å²) in [6.07, 6.45) is 0. The van der Waals surface area contributed by atoms with Gasteiger partial charge in [-0.2, -0.15) is 0 Å². The first-order chi connectivity index (χ1) is 8.31. The van der Waals surface area contributed by atoms with Crippen LogP contribution in [0.1, 0.15) is 26.3 Å². The Bertz CT molecular complexity index is 427. The molecule has 3 N–H and O–H groups in total. The van der Waals surface area contributed by atoms with Crippen LogP contribution in [0.25, 0.3) is 0 Å². The van der Waals surface area contributed by atoms with E-state index in [-0.39, 0.29) is 18.1 Å². The number of carbonyl (C=O) groups is 1. The number of halogens is 1. The van der Waals surface area contributed by atoms with Crippen LogP contribution in [0.5, 0.6) is 5.75 Å². The molecule has 1 amide bonds. The van der Waals surface area contributed by atoms with E-state index in [0.717, 1.165) is 5.56 Å². The first kappa shape index (κ1) is 14.8. The molecule has 0 saturated heterocycles. The summed E-state index contributed by atoms with van der Waals surface area (Å²) in [6, 6.07) is 5.19. The van der Waals surface area contributed by atoms with E-state index < -0.39 is 0 Å². The standard InChI is InChI=1S/C13H19ClN2O2/c1-13(2,3)16-12(17)8-18-11-6-10(14)5-4-9(11)7-15/h4-6H,7-8,15H2,1-3H3,(H,16,17). The molecule has 0 saturated carbocycles. The van der Waals surface area contributed by atoms with Gasteiger partial charge >= 0.3 is 0 Å². The average molecular weight is 271 g/mol. The van der Waals surface area contributed by atoms with Crippen molar-refractivity contribution in [2.75, 3.05) is 6.61 Å². The number of hydrogen-bond donors (Lipinski definition) is 2. The second-order valence-corrected chi connectivity index (χ2v) is 5.48. The molecule has 0 bridgehead atoms. The van der Waals surface area contributed by atoms with E-state index in [9.17, 15) is 4.79 Å². The molecule has 5 heteroatoms. The van der Waals surface area contributed by atoms with Crippen LogP contribution in [0.2, 0.25) is 5.02 Å². The monoisotopic (exact) mass is 270 g/mol. The zero-order valence-electron chi connectivity index (χ0n) is 10.9. The number of ether oxygens (including phenoxy) is 1. The summed E-state index contributed by atoms with van der Waals surface area (Å²) in [7, 11) is 0. The molecule has 0 heterocycles. The normalized spacial score (nSPS) is 11.2. The summed E-state index contributed by atoms with van der Waals surface area (Å²) >= 11 is 5.87. The van der Waals surface area contributed by atoms with Gasteiger partial charge in [0.25, 0.3) is 5.91 Å². The van der Waals surface area contributed by atoms with Gasteiger partial charge in [-0.3, -0.25) is 4.79 Å². The highest BCUT2D eigenvalue weighted by Gasteiger charge is 2.14. The van der Waals surface area contributed by atoms with Crippen LogP contribution in [0.15, 0.2) is 18.2 Å². The minimum Gasteiger partial charge on any atom is -0.483 e. The number of nitrogens with two attached hydrogens (primary N) is 1. The van der Waals surface area contributed by atoms with Crippen LogP contribution in [-0.2, 0) is 11.3 Å². The zero-order chi connectivity index (χ0) is 13.8. The Morgan fingerprint density at radius 2 is 2.11 bits per heavy atom. The van der Waals surface area contributed by atoms with Crippen LogP contribution < -0.4 is 15.8 Å². The van der Waals surface area contributed by atoms with Crippen molar-refractivity contribution in [3.05, 3.63) is 28.8 Å². The highest BCUT2D eigenvalue weighted by Crippen LogP contribution is 2.22. The summed E-state index contributed by atoms with van der Waals surface area (Å²) in [5.41, 5.74) is 6.14. The third-order valence-corrected chi connectivity index (χ3v) is 2.36. The van der Waals surface area contributed by atoms with Crippen LogP contribution >= 0.6 is 11.6 Å². The van der Waals surface area contributed by atoms with Crippen molar-refractivity contribution in [3.63, 3.8) is 0 Å². The van der Waals surface area contributed by atoms with E-state index in [1.54, 1.807) is 18.2 Å². The van der Waals surface area contributed by atoms with E-state index in [4.69, 9.17) is 22.1 Å². The fourth-order valence-electron chi connectivity index (χ4n) is 1.43. The molecule has 0 unspecified atom stereocenters. The Morgan fingerprint density at radius 1 is 1.44 bits per heavy atom. The van der Waals surface area contributed by atoms with Crippen LogP contribution in [0, 0.1) is 0 Å². The highest BCUT2D eigenvalue weighted by molar-refractivity contribution is 6.30. The van der Waals surface area contributed by atoms with Gasteiger partial charge in [0.05, 0.1) is 0 Å². The maximum Gasteiger partial charge on any atom is 0.258 e. The van der Waals surface area contributed by atoms with Crippen molar-refractivity contribution in [2.24, 2.45) is 5.73 Å². The zero-order valence-corrected chi connectivity index (χ0v) is 11.7. The number of nitrogens with one attached hydrogen (secondary N) is 1. The lowest BCUT2D eigenvalue weighted by Crippen LogP contribution is -2.43. The van der Waals surface area contributed by atoms with Gasteiger partial charge in [0.1, 0.15) is 5.75 Å². The molecule has 1 aromatic rings. The van der Waals surface area contributed by atoms with Gasteiger partial charge in [0.2, 0.25) is 0 Å². The molecule has 0 atom stereocenters. The topological polar surface area (TPSA) is 64.3 Å². The molecule has 0 radical (unpaired) electrons. The maximum absolute atomic E-state index is 11.6. The number of rotatable bonds is 4. The van der Waals surface area contributed by atoms with E-state index >= 15 is 0 Å². The minimum atomic E-state index is -0.272. The Labute approximate surface area is 112 Å². The summed E-state index contributed by atoms with van der Waals surface area (Å²) in [5, 5.41) is 3.37. The lowest BCUT2D eigenvalue weighted by Gasteiger charge is -2.20. The van der Waals surface area contributed by atoms with E-state index in [1.165, 1.54) is 0 Å². The van der Waals surface area contributed by atoms with Gasteiger partial charge in [-0.15, -0.1) is 0 Å². The Kier molecular flexibility index (Phi) is 4.99. The predicted molar refractivity (Wildman–Crippen MR) is 72.7 cm³/mol. The first-order valence-corrected chi connectivity index (χ1v) is 6.12. The number of benzene rings is 1. The fraction of sp³-hybridized carbons (Fsp3) is 0.462. The molecule has 0 fully saturated rings. The molecule has 0 spiro atoms. The third kappa shape index (κ3) is 4.94. The highest BCUT2D eigenvalue weighted by atomic mass is 35.5. The maximum atomic E-state index is 11.6. The summed E-state index contributed by atoms with van der Waals surface area (Å²) in [4.78, 5) is 11.6. The summed E-state index contributed by atoms with van der Waals surface area (Å²) in [6.45, 7) is 6.03. The fourth-order valence-corrected chi connectivity index (χ4v) is 1.59. The van der Waals surface area contributed by atoms with Crippen molar-refractivity contribution in [2.45, 2.75) is 32.9 Å². The summed E-state index contributed by atoms with van der Waals surface area (Å²) < 4.78 is 5.44. The molecule has 100 valence electrons. The number of amides is 1. The molecule has 1 aromatic carbocycles. The van der Waals surface area contributed by atoms with Crippen molar-refractivity contribution in [1.29, 1.82) is 0 Å². The molecule has 0 aliphatic rings. The first-order valence-electron chi connectivity index (χ1n) is 5.74. The molecule has 4 nitrogen and oxygen atoms in total. The average Bonchev–Trinajstić information content (AvgIpc) is 2.24. The second kappa shape index (κ2) is 6.07. The van der Waals surface area contributed by atoms with Crippen molar-refractivity contribution in [3.8, 4) is 5.75 Å². The van der Waals surface area contributed by atoms with Crippen molar-refractivity contribution >= 4 is 17.5 Å². The number of hydrogen-bond acceptors (Lipinski definition) is 3. The predicted octanol–water partition coefficient (Wildman–Crippen LogP) is 2.09. The van der Waals surface area contributed by atoms with Gasteiger partial charge < -0.3 is 15.8 Å². The molecule has 1 rings (SSSR count). The van der Waals surface area contributed by atoms with Crippen molar-refractivity contribution < 1.29 is 9.53 Å². The molecule has 18 heavy (non-hydrogen) atoms. The lowest BCUT2D eigenvalue weighted by molar-refractivity contribution is -0.124. The largest absolute Gasteiger partial charge is 0.483 e. The van der Waals surface area contributed by atoms with E-state index in [2.05, 4.69) is 5.32 Å². The Hall–Kier alpha value is -1.26. The molecule has 0 aromatic heterocycles. The van der Waals surface area contributed by atoms with E-state index in [0.29, 0.717) is 17.3 Å². The molecule has 0 aliphatic carbocycles. The van der Waals surface area contributed by atoms with E-state index in [1.807, 2.05) is 20.8 Å². The van der Waals surface area contributed by atoms with Crippen LogP contribution in [0.4, 0.5) is 0 Å². The molecule has 0 aliphatic heterocycles. The van der Waals surface area contributed by atoms with Gasteiger partial charge in [0.15, 0.2) is 6.61 Å². The van der Waals surface area contributed by atoms with Crippen molar-refractivity contribution in [1.82, 2.24) is 5.32 Å².